The number of hydrogen-bond donors (Lipinski definition) is 1. The molecule has 0 aromatic heterocycles. The molecule has 24 heavy (non-hydrogen) atoms. The van der Waals surface area contributed by atoms with Crippen LogP contribution in [0, 0.1) is 5.92 Å². The zero-order valence-corrected chi connectivity index (χ0v) is 15.3. The summed E-state index contributed by atoms with van der Waals surface area (Å²) in [5.41, 5.74) is 0. The normalized spacial score (nSPS) is 31.2. The van der Waals surface area contributed by atoms with Crippen LogP contribution < -0.4 is 5.32 Å². The van der Waals surface area contributed by atoms with E-state index in [0.29, 0.717) is 24.0 Å². The van der Waals surface area contributed by atoms with Gasteiger partial charge in [0.1, 0.15) is 0 Å². The van der Waals surface area contributed by atoms with E-state index in [1.165, 1.54) is 19.3 Å². The third-order valence-corrected chi connectivity index (χ3v) is 6.38. The Hall–Kier alpha value is -1.26. The summed E-state index contributed by atoms with van der Waals surface area (Å²) in [6, 6.07) is 1.22. The predicted octanol–water partition coefficient (Wildman–Crippen LogP) is 3.14. The first kappa shape index (κ1) is 17.6. The number of hydrogen-bond acceptors (Lipinski definition) is 2. The molecule has 5 heteroatoms. The van der Waals surface area contributed by atoms with Gasteiger partial charge in [0.05, 0.1) is 0 Å². The number of nitrogens with zero attached hydrogens (tertiary/aromatic N) is 2. The number of carbonyl (C=O) groups excluding carboxylic acids is 2. The molecule has 0 aromatic rings. The molecule has 3 rings (SSSR count). The lowest BCUT2D eigenvalue weighted by molar-refractivity contribution is -0.136. The molecule has 0 bridgehead atoms. The highest BCUT2D eigenvalue weighted by Crippen LogP contribution is 2.30. The van der Waals surface area contributed by atoms with E-state index < -0.39 is 0 Å². The number of amides is 3. The molecule has 136 valence electrons. The number of rotatable bonds is 3. The largest absolute Gasteiger partial charge is 0.337 e. The van der Waals surface area contributed by atoms with Crippen LogP contribution in [-0.2, 0) is 4.79 Å². The van der Waals surface area contributed by atoms with Crippen LogP contribution in [0.1, 0.15) is 71.6 Å². The maximum Gasteiger partial charge on any atom is 0.317 e. The molecule has 1 saturated heterocycles. The maximum absolute atomic E-state index is 12.6. The molecule has 0 aromatic carbocycles. The topological polar surface area (TPSA) is 52.7 Å². The highest BCUT2D eigenvalue weighted by molar-refractivity contribution is 5.75. The summed E-state index contributed by atoms with van der Waals surface area (Å²) in [7, 11) is 0. The highest BCUT2D eigenvalue weighted by atomic mass is 16.2. The van der Waals surface area contributed by atoms with Crippen LogP contribution >= 0.6 is 0 Å². The van der Waals surface area contributed by atoms with Crippen molar-refractivity contribution in [2.24, 2.45) is 5.92 Å². The minimum atomic E-state index is 0.104. The Morgan fingerprint density at radius 2 is 1.58 bits per heavy atom. The fraction of sp³-hybridized carbons (Fsp3) is 0.895. The Bertz CT molecular complexity index is 464. The lowest BCUT2D eigenvalue weighted by atomic mass is 9.89. The molecule has 1 aliphatic heterocycles. The van der Waals surface area contributed by atoms with Gasteiger partial charge in [-0.05, 0) is 57.3 Å². The van der Waals surface area contributed by atoms with E-state index in [1.807, 2.05) is 4.90 Å². The van der Waals surface area contributed by atoms with Gasteiger partial charge < -0.3 is 15.1 Å². The molecule has 0 spiro atoms. The fourth-order valence-electron chi connectivity index (χ4n) is 4.65. The van der Waals surface area contributed by atoms with Crippen LogP contribution in [0.2, 0.25) is 0 Å². The number of likely N-dealkylation sites (tertiary alicyclic amines) is 1. The van der Waals surface area contributed by atoms with Crippen molar-refractivity contribution in [2.45, 2.75) is 89.8 Å². The third-order valence-electron chi connectivity index (χ3n) is 6.38. The van der Waals surface area contributed by atoms with Gasteiger partial charge in [-0.15, -0.1) is 0 Å². The summed E-state index contributed by atoms with van der Waals surface area (Å²) in [6.45, 7) is 5.53. The van der Waals surface area contributed by atoms with Gasteiger partial charge in [-0.2, -0.15) is 0 Å². The minimum absolute atomic E-state index is 0.104. The Labute approximate surface area is 146 Å². The third kappa shape index (κ3) is 3.86. The van der Waals surface area contributed by atoms with Gasteiger partial charge >= 0.3 is 6.03 Å². The minimum Gasteiger partial charge on any atom is -0.337 e. The molecule has 0 radical (unpaired) electrons. The molecule has 3 amide bonds. The lowest BCUT2D eigenvalue weighted by Gasteiger charge is -2.42. The average molecular weight is 335 g/mol. The van der Waals surface area contributed by atoms with Gasteiger partial charge in [-0.1, -0.05) is 13.3 Å². The van der Waals surface area contributed by atoms with E-state index in [2.05, 4.69) is 17.1 Å². The molecule has 2 aliphatic carbocycles. The van der Waals surface area contributed by atoms with E-state index in [1.54, 1.807) is 6.92 Å². The maximum atomic E-state index is 12.6. The Kier molecular flexibility index (Phi) is 5.67. The van der Waals surface area contributed by atoms with E-state index in [-0.39, 0.29) is 11.9 Å². The summed E-state index contributed by atoms with van der Waals surface area (Å²) in [4.78, 5) is 28.8. The first-order chi connectivity index (χ1) is 11.6. The van der Waals surface area contributed by atoms with Gasteiger partial charge in [0.2, 0.25) is 5.91 Å². The SMILES string of the molecule is CC(=O)N(C1CCC1)C1CCCN(C(=O)NC2CCCC2C)CC1. The summed E-state index contributed by atoms with van der Waals surface area (Å²) in [5, 5.41) is 3.24. The lowest BCUT2D eigenvalue weighted by Crippen LogP contribution is -2.50. The van der Waals surface area contributed by atoms with Crippen molar-refractivity contribution in [1.29, 1.82) is 0 Å². The van der Waals surface area contributed by atoms with Crippen LogP contribution in [0.5, 0.6) is 0 Å². The predicted molar refractivity (Wildman–Crippen MR) is 94.7 cm³/mol. The van der Waals surface area contributed by atoms with E-state index in [9.17, 15) is 9.59 Å². The van der Waals surface area contributed by atoms with Gasteiger partial charge in [-0.25, -0.2) is 4.79 Å². The molecular formula is C19H33N3O2. The number of carbonyl (C=O) groups is 2. The second kappa shape index (κ2) is 7.75. The average Bonchev–Trinajstić information content (AvgIpc) is 2.75. The van der Waals surface area contributed by atoms with Gasteiger partial charge in [0.15, 0.2) is 0 Å². The smallest absolute Gasteiger partial charge is 0.317 e. The zero-order valence-electron chi connectivity index (χ0n) is 15.3. The van der Waals surface area contributed by atoms with Crippen LogP contribution in [-0.4, -0.2) is 53.0 Å². The Balaban J connectivity index is 1.54. The Morgan fingerprint density at radius 1 is 0.917 bits per heavy atom. The molecule has 3 aliphatic rings. The second-order valence-electron chi connectivity index (χ2n) is 8.05. The van der Waals surface area contributed by atoms with Gasteiger partial charge in [-0.3, -0.25) is 4.79 Å². The van der Waals surface area contributed by atoms with Crippen molar-refractivity contribution in [3.05, 3.63) is 0 Å². The zero-order chi connectivity index (χ0) is 17.1. The number of urea groups is 1. The molecule has 2 saturated carbocycles. The number of nitrogens with one attached hydrogen (secondary N) is 1. The van der Waals surface area contributed by atoms with Crippen LogP contribution in [0.4, 0.5) is 4.79 Å². The van der Waals surface area contributed by atoms with Crippen LogP contribution in [0.15, 0.2) is 0 Å². The van der Waals surface area contributed by atoms with E-state index >= 15 is 0 Å². The summed E-state index contributed by atoms with van der Waals surface area (Å²) in [6.07, 6.45) is 10.1. The van der Waals surface area contributed by atoms with Crippen molar-refractivity contribution >= 4 is 11.9 Å². The summed E-state index contributed by atoms with van der Waals surface area (Å²) < 4.78 is 0. The molecule has 1 N–H and O–H groups in total. The first-order valence-electron chi connectivity index (χ1n) is 9.90. The summed E-state index contributed by atoms with van der Waals surface area (Å²) in [5.74, 6) is 0.808. The molecule has 3 fully saturated rings. The highest BCUT2D eigenvalue weighted by Gasteiger charge is 2.34. The van der Waals surface area contributed by atoms with Crippen LogP contribution in [0.3, 0.4) is 0 Å². The molecule has 5 nitrogen and oxygen atoms in total. The van der Waals surface area contributed by atoms with Gasteiger partial charge in [0.25, 0.3) is 0 Å². The fourth-order valence-corrected chi connectivity index (χ4v) is 4.65. The first-order valence-corrected chi connectivity index (χ1v) is 9.90. The molecular weight excluding hydrogens is 302 g/mol. The van der Waals surface area contributed by atoms with Crippen molar-refractivity contribution < 1.29 is 9.59 Å². The molecule has 3 unspecified atom stereocenters. The van der Waals surface area contributed by atoms with Crippen LogP contribution in [0.25, 0.3) is 0 Å². The standard InChI is InChI=1S/C19H33N3O2/c1-14-6-3-10-18(14)20-19(24)21-12-5-9-17(11-13-21)22(15(2)23)16-7-4-8-16/h14,16-18H,3-13H2,1-2H3,(H,20,24). The van der Waals surface area contributed by atoms with E-state index in [4.69, 9.17) is 0 Å². The van der Waals surface area contributed by atoms with Crippen molar-refractivity contribution in [1.82, 2.24) is 15.1 Å². The quantitative estimate of drug-likeness (QED) is 0.861. The second-order valence-corrected chi connectivity index (χ2v) is 8.05. The summed E-state index contributed by atoms with van der Waals surface area (Å²) >= 11 is 0. The monoisotopic (exact) mass is 335 g/mol. The van der Waals surface area contributed by atoms with Crippen molar-refractivity contribution in [2.75, 3.05) is 13.1 Å². The van der Waals surface area contributed by atoms with Gasteiger partial charge in [0, 0.05) is 38.1 Å². The molecule has 1 heterocycles. The van der Waals surface area contributed by atoms with E-state index in [0.717, 1.165) is 51.6 Å². The van der Waals surface area contributed by atoms with Crippen molar-refractivity contribution in [3.63, 3.8) is 0 Å². The Morgan fingerprint density at radius 3 is 2.17 bits per heavy atom. The van der Waals surface area contributed by atoms with Crippen molar-refractivity contribution in [3.8, 4) is 0 Å². The molecule has 3 atom stereocenters.